The lowest BCUT2D eigenvalue weighted by Gasteiger charge is -2.23. The molecule has 5 aromatic rings. The summed E-state index contributed by atoms with van der Waals surface area (Å²) in [4.78, 5) is 11.6. The lowest BCUT2D eigenvalue weighted by molar-refractivity contribution is 0.0664. The summed E-state index contributed by atoms with van der Waals surface area (Å²) < 4.78 is 34.9. The van der Waals surface area contributed by atoms with E-state index in [0.29, 0.717) is 23.0 Å². The number of carboxylic acids is 1. The van der Waals surface area contributed by atoms with Crippen LogP contribution in [0.1, 0.15) is 27.2 Å². The predicted octanol–water partition coefficient (Wildman–Crippen LogP) is 6.54. The summed E-state index contributed by atoms with van der Waals surface area (Å²) in [6.45, 7) is 2.09. The van der Waals surface area contributed by atoms with Gasteiger partial charge >= 0.3 is 5.97 Å². The third-order valence-corrected chi connectivity index (χ3v) is 8.47. The molecule has 7 heteroatoms. The number of aryl methyl sites for hydroxylation is 1. The van der Waals surface area contributed by atoms with Crippen LogP contribution in [0.25, 0.3) is 22.1 Å². The summed E-state index contributed by atoms with van der Waals surface area (Å²) in [5, 5.41) is 9.88. The minimum Gasteiger partial charge on any atom is -0.475 e. The van der Waals surface area contributed by atoms with Gasteiger partial charge < -0.3 is 9.52 Å². The van der Waals surface area contributed by atoms with Crippen molar-refractivity contribution in [1.29, 1.82) is 0 Å². The van der Waals surface area contributed by atoms with Crippen LogP contribution in [-0.4, -0.2) is 30.3 Å². The molecule has 4 aromatic carbocycles. The first-order chi connectivity index (χ1) is 18.3. The van der Waals surface area contributed by atoms with Crippen LogP contribution >= 0.6 is 0 Å². The SMILES string of the molecule is Cc1c(C(=O)O)oc2ccc(S(=O)(=O)N(CCc3ccccc3)Cc3cccc(-c4ccccc4)c3)cc12. The molecule has 6 nitrogen and oxygen atoms in total. The fourth-order valence-corrected chi connectivity index (χ4v) is 6.04. The molecular formula is C31H27NO5S. The maximum absolute atomic E-state index is 14.0. The molecule has 38 heavy (non-hydrogen) atoms. The maximum atomic E-state index is 14.0. The highest BCUT2D eigenvalue weighted by atomic mass is 32.2. The molecule has 1 heterocycles. The molecule has 0 radical (unpaired) electrons. The van der Waals surface area contributed by atoms with Gasteiger partial charge in [-0.15, -0.1) is 0 Å². The van der Waals surface area contributed by atoms with Crippen molar-refractivity contribution in [3.8, 4) is 11.1 Å². The van der Waals surface area contributed by atoms with Gasteiger partial charge in [-0.2, -0.15) is 4.31 Å². The van der Waals surface area contributed by atoms with Gasteiger partial charge in [-0.3, -0.25) is 0 Å². The van der Waals surface area contributed by atoms with E-state index in [1.807, 2.05) is 84.9 Å². The summed E-state index contributed by atoms with van der Waals surface area (Å²) in [6, 6.07) is 32.1. The number of aromatic carboxylic acids is 1. The van der Waals surface area contributed by atoms with Crippen LogP contribution in [0.15, 0.2) is 112 Å². The zero-order valence-corrected chi connectivity index (χ0v) is 21.7. The van der Waals surface area contributed by atoms with E-state index in [1.54, 1.807) is 6.92 Å². The van der Waals surface area contributed by atoms with Crippen molar-refractivity contribution in [1.82, 2.24) is 4.31 Å². The van der Waals surface area contributed by atoms with Gasteiger partial charge in [-0.1, -0.05) is 78.9 Å². The predicted molar refractivity (Wildman–Crippen MR) is 148 cm³/mol. The van der Waals surface area contributed by atoms with Crippen LogP contribution in [0, 0.1) is 6.92 Å². The summed E-state index contributed by atoms with van der Waals surface area (Å²) in [6.07, 6.45) is 0.550. The Balaban J connectivity index is 1.51. The van der Waals surface area contributed by atoms with E-state index < -0.39 is 16.0 Å². The molecule has 192 valence electrons. The minimum absolute atomic E-state index is 0.0955. The van der Waals surface area contributed by atoms with Crippen molar-refractivity contribution in [2.24, 2.45) is 0 Å². The highest BCUT2D eigenvalue weighted by Crippen LogP contribution is 2.30. The van der Waals surface area contributed by atoms with E-state index in [-0.39, 0.29) is 23.7 Å². The minimum atomic E-state index is -3.92. The number of hydrogen-bond donors (Lipinski definition) is 1. The summed E-state index contributed by atoms with van der Waals surface area (Å²) in [7, 11) is -3.92. The van der Waals surface area contributed by atoms with Crippen LogP contribution in [-0.2, 0) is 23.0 Å². The van der Waals surface area contributed by atoms with Gasteiger partial charge in [0.15, 0.2) is 0 Å². The molecule has 0 spiro atoms. The standard InChI is InChI=1S/C31H27NO5S/c1-22-28-20-27(15-16-29(28)37-30(22)31(33)34)38(35,36)32(18-17-23-9-4-2-5-10-23)21-24-11-8-14-26(19-24)25-12-6-3-7-13-25/h2-16,19-20H,17-18,21H2,1H3,(H,33,34). The van der Waals surface area contributed by atoms with Crippen LogP contribution in [0.4, 0.5) is 0 Å². The van der Waals surface area contributed by atoms with E-state index in [2.05, 4.69) is 0 Å². The van der Waals surface area contributed by atoms with Gasteiger partial charge in [0.25, 0.3) is 0 Å². The Bertz CT molecular complexity index is 1690. The lowest BCUT2D eigenvalue weighted by Crippen LogP contribution is -2.32. The Kier molecular flexibility index (Phi) is 7.13. The number of rotatable bonds is 9. The molecule has 0 bridgehead atoms. The Morgan fingerprint density at radius 1 is 0.816 bits per heavy atom. The molecule has 0 aliphatic rings. The number of nitrogens with zero attached hydrogens (tertiary/aromatic N) is 1. The number of fused-ring (bicyclic) bond motifs is 1. The van der Waals surface area contributed by atoms with E-state index in [4.69, 9.17) is 4.42 Å². The normalized spacial score (nSPS) is 11.7. The van der Waals surface area contributed by atoms with E-state index in [1.165, 1.54) is 22.5 Å². The molecule has 0 aliphatic carbocycles. The third kappa shape index (κ3) is 5.25. The average molecular weight is 526 g/mol. The summed E-state index contributed by atoms with van der Waals surface area (Å²) >= 11 is 0. The first-order valence-corrected chi connectivity index (χ1v) is 13.7. The number of furan rings is 1. The van der Waals surface area contributed by atoms with Crippen LogP contribution in [0.2, 0.25) is 0 Å². The maximum Gasteiger partial charge on any atom is 0.372 e. The van der Waals surface area contributed by atoms with Crippen LogP contribution < -0.4 is 0 Å². The van der Waals surface area contributed by atoms with E-state index in [9.17, 15) is 18.3 Å². The topological polar surface area (TPSA) is 87.8 Å². The highest BCUT2D eigenvalue weighted by Gasteiger charge is 2.27. The smallest absolute Gasteiger partial charge is 0.372 e. The summed E-state index contributed by atoms with van der Waals surface area (Å²) in [5.74, 6) is -1.38. The second kappa shape index (κ2) is 10.7. The lowest BCUT2D eigenvalue weighted by atomic mass is 10.0. The zero-order valence-electron chi connectivity index (χ0n) is 20.9. The highest BCUT2D eigenvalue weighted by molar-refractivity contribution is 7.89. The van der Waals surface area contributed by atoms with Gasteiger partial charge in [-0.25, -0.2) is 13.2 Å². The fraction of sp³-hybridized carbons (Fsp3) is 0.129. The summed E-state index contributed by atoms with van der Waals surface area (Å²) in [5.41, 5.74) is 4.72. The Morgan fingerprint density at radius 2 is 1.47 bits per heavy atom. The van der Waals surface area contributed by atoms with Crippen molar-refractivity contribution in [2.75, 3.05) is 6.54 Å². The van der Waals surface area contributed by atoms with Gasteiger partial charge in [0.05, 0.1) is 4.90 Å². The molecule has 0 aliphatic heterocycles. The number of carboxylic acid groups (broad SMARTS) is 1. The quantitative estimate of drug-likeness (QED) is 0.236. The largest absolute Gasteiger partial charge is 0.475 e. The number of sulfonamides is 1. The average Bonchev–Trinajstić information content (AvgIpc) is 3.28. The van der Waals surface area contributed by atoms with E-state index in [0.717, 1.165) is 22.3 Å². The molecule has 0 unspecified atom stereocenters. The Morgan fingerprint density at radius 3 is 2.18 bits per heavy atom. The molecule has 5 rings (SSSR count). The van der Waals surface area contributed by atoms with E-state index >= 15 is 0 Å². The Labute approximate surface area is 221 Å². The second-order valence-corrected chi connectivity index (χ2v) is 11.1. The molecule has 1 aromatic heterocycles. The monoisotopic (exact) mass is 525 g/mol. The number of carbonyl (C=O) groups is 1. The Hall–Kier alpha value is -4.20. The van der Waals surface area contributed by atoms with Crippen molar-refractivity contribution in [3.05, 3.63) is 126 Å². The molecule has 0 saturated carbocycles. The van der Waals surface area contributed by atoms with Gasteiger partial charge in [-0.05, 0) is 59.9 Å². The molecule has 1 N–H and O–H groups in total. The van der Waals surface area contributed by atoms with Gasteiger partial charge in [0, 0.05) is 24.0 Å². The second-order valence-electron chi connectivity index (χ2n) is 9.16. The van der Waals surface area contributed by atoms with Crippen LogP contribution in [0.3, 0.4) is 0 Å². The molecule has 0 amide bonds. The van der Waals surface area contributed by atoms with Gasteiger partial charge in [0.1, 0.15) is 5.58 Å². The zero-order chi connectivity index (χ0) is 26.7. The van der Waals surface area contributed by atoms with Crippen molar-refractivity contribution in [3.63, 3.8) is 0 Å². The first kappa shape index (κ1) is 25.4. The number of benzene rings is 4. The first-order valence-electron chi connectivity index (χ1n) is 12.3. The fourth-order valence-electron chi connectivity index (χ4n) is 4.58. The van der Waals surface area contributed by atoms with Crippen molar-refractivity contribution in [2.45, 2.75) is 24.8 Å². The van der Waals surface area contributed by atoms with Crippen molar-refractivity contribution < 1.29 is 22.7 Å². The molecule has 0 fully saturated rings. The molecule has 0 atom stereocenters. The number of hydrogen-bond acceptors (Lipinski definition) is 4. The molecule has 0 saturated heterocycles. The van der Waals surface area contributed by atoms with Gasteiger partial charge in [0.2, 0.25) is 15.8 Å². The third-order valence-electron chi connectivity index (χ3n) is 6.63. The molecular weight excluding hydrogens is 498 g/mol. The van der Waals surface area contributed by atoms with Crippen LogP contribution in [0.5, 0.6) is 0 Å². The van der Waals surface area contributed by atoms with Crippen molar-refractivity contribution >= 4 is 27.0 Å².